The molecule has 0 aromatic rings. The summed E-state index contributed by atoms with van der Waals surface area (Å²) in [6.07, 6.45) is 112. The van der Waals surface area contributed by atoms with E-state index in [1.165, 1.54) is 161 Å². The van der Waals surface area contributed by atoms with Crippen LogP contribution in [0, 0.1) is 0 Å². The Morgan fingerprint density at radius 3 is 0.828 bits per heavy atom. The summed E-state index contributed by atoms with van der Waals surface area (Å²) in [6.45, 7) is 3.53. The molecule has 0 fully saturated rings. The van der Waals surface area contributed by atoms with E-state index in [2.05, 4.69) is 172 Å². The summed E-state index contributed by atoms with van der Waals surface area (Å²) in [4.78, 5) is 35.4. The molecule has 10 heteroatoms. The van der Waals surface area contributed by atoms with Gasteiger partial charge in [-0.25, -0.2) is 4.57 Å². The van der Waals surface area contributed by atoms with E-state index in [9.17, 15) is 19.0 Å². The molecule has 0 aliphatic rings. The zero-order chi connectivity index (χ0) is 67.2. The third kappa shape index (κ3) is 76.5. The van der Waals surface area contributed by atoms with Crippen LogP contribution in [-0.4, -0.2) is 49.3 Å². The van der Waals surface area contributed by atoms with Crippen molar-refractivity contribution in [2.45, 2.75) is 328 Å². The van der Waals surface area contributed by atoms with Gasteiger partial charge >= 0.3 is 19.8 Å². The van der Waals surface area contributed by atoms with E-state index in [4.69, 9.17) is 24.3 Å². The molecule has 0 saturated heterocycles. The maximum atomic E-state index is 12.8. The van der Waals surface area contributed by atoms with Crippen molar-refractivity contribution in [1.29, 1.82) is 0 Å². The lowest BCUT2D eigenvalue weighted by molar-refractivity contribution is -0.161. The van der Waals surface area contributed by atoms with Gasteiger partial charge in [-0.1, -0.05) is 345 Å². The Hall–Kier alpha value is -4.37. The monoisotopic (exact) mass is 1310 g/mol. The number of hydrogen-bond acceptors (Lipinski definition) is 8. The molecular formula is C83H140NO8P. The van der Waals surface area contributed by atoms with Crippen LogP contribution in [0.15, 0.2) is 158 Å². The smallest absolute Gasteiger partial charge is 0.462 e. The molecule has 0 bridgehead atoms. The second-order valence-electron chi connectivity index (χ2n) is 24.8. The quantitative estimate of drug-likeness (QED) is 0.0264. The standard InChI is InChI=1S/C83H140NO8P/c1-3-5-7-9-11-13-15-17-19-21-23-25-27-29-31-33-35-37-38-39-40-41-42-44-45-47-49-51-53-55-57-59-61-63-65-67-69-71-73-75-82(85)89-79-81(80-91-93(87,88)90-78-77-84)92-83(86)76-74-72-70-68-66-64-62-60-58-56-54-52-50-48-46-43-36-34-32-30-28-26-24-22-20-18-16-14-12-10-8-6-4-2/h5-8,11-14,17-20,23-26,29-32,35-37,43,48,50,81H,3-4,9-10,15-16,21-22,27-28,33-34,38-42,44-47,49,51-80,84H2,1-2H3,(H,87,88)/b7-5-,8-6-,13-11-,14-12-,19-17-,20-18-,25-23-,26-24-,31-29-,32-30-,37-35-,43-36-,50-48-. The van der Waals surface area contributed by atoms with Gasteiger partial charge in [-0.15, -0.1) is 0 Å². The molecule has 2 atom stereocenters. The highest BCUT2D eigenvalue weighted by molar-refractivity contribution is 7.47. The van der Waals surface area contributed by atoms with Gasteiger partial charge in [0.25, 0.3) is 0 Å². The van der Waals surface area contributed by atoms with Gasteiger partial charge in [-0.05, 0) is 122 Å². The van der Waals surface area contributed by atoms with Crippen molar-refractivity contribution < 1.29 is 37.6 Å². The first kappa shape index (κ1) is 88.6. The van der Waals surface area contributed by atoms with Crippen molar-refractivity contribution >= 4 is 19.8 Å². The number of allylic oxidation sites excluding steroid dienone is 26. The van der Waals surface area contributed by atoms with Gasteiger partial charge in [0.1, 0.15) is 6.61 Å². The molecule has 0 aromatic carbocycles. The summed E-state index contributed by atoms with van der Waals surface area (Å²) in [7, 11) is -4.40. The van der Waals surface area contributed by atoms with Crippen LogP contribution in [-0.2, 0) is 32.7 Å². The van der Waals surface area contributed by atoms with E-state index >= 15 is 0 Å². The topological polar surface area (TPSA) is 134 Å². The van der Waals surface area contributed by atoms with Crippen LogP contribution < -0.4 is 5.73 Å². The molecule has 0 rings (SSSR count). The summed E-state index contributed by atoms with van der Waals surface area (Å²) in [5.74, 6) is -0.827. The van der Waals surface area contributed by atoms with E-state index in [0.29, 0.717) is 6.42 Å². The van der Waals surface area contributed by atoms with Gasteiger partial charge in [0.05, 0.1) is 13.2 Å². The minimum absolute atomic E-state index is 0.0479. The van der Waals surface area contributed by atoms with Crippen LogP contribution in [0.1, 0.15) is 322 Å². The molecule has 0 spiro atoms. The lowest BCUT2D eigenvalue weighted by Gasteiger charge is -2.19. The Labute approximate surface area is 572 Å². The second-order valence-corrected chi connectivity index (χ2v) is 26.2. The average molecular weight is 1310 g/mol. The highest BCUT2D eigenvalue weighted by Crippen LogP contribution is 2.43. The predicted octanol–water partition coefficient (Wildman–Crippen LogP) is 25.5. The minimum atomic E-state index is -4.40. The molecule has 0 saturated carbocycles. The predicted molar refractivity (Wildman–Crippen MR) is 403 cm³/mol. The molecule has 0 aliphatic carbocycles. The molecule has 0 aromatic heterocycles. The fourth-order valence-electron chi connectivity index (χ4n) is 10.4. The Balaban J connectivity index is 3.86. The number of nitrogens with two attached hydrogens (primary N) is 1. The zero-order valence-electron chi connectivity index (χ0n) is 59.7. The number of hydrogen-bond donors (Lipinski definition) is 2. The van der Waals surface area contributed by atoms with Crippen LogP contribution >= 0.6 is 7.82 Å². The van der Waals surface area contributed by atoms with Crippen molar-refractivity contribution in [3.8, 4) is 0 Å². The van der Waals surface area contributed by atoms with Crippen molar-refractivity contribution in [3.63, 3.8) is 0 Å². The van der Waals surface area contributed by atoms with Crippen LogP contribution in [0.2, 0.25) is 0 Å². The Bertz CT molecular complexity index is 2090. The van der Waals surface area contributed by atoms with Crippen molar-refractivity contribution in [3.05, 3.63) is 158 Å². The lowest BCUT2D eigenvalue weighted by atomic mass is 10.0. The van der Waals surface area contributed by atoms with Gasteiger partial charge in [-0.2, -0.15) is 0 Å². The van der Waals surface area contributed by atoms with E-state index in [1.807, 2.05) is 0 Å². The Kier molecular flexibility index (Phi) is 73.0. The molecule has 530 valence electrons. The number of carbonyl (C=O) groups is 2. The van der Waals surface area contributed by atoms with E-state index < -0.39 is 26.5 Å². The first-order valence-electron chi connectivity index (χ1n) is 38.0. The van der Waals surface area contributed by atoms with Crippen LogP contribution in [0.4, 0.5) is 0 Å². The maximum absolute atomic E-state index is 12.8. The molecule has 93 heavy (non-hydrogen) atoms. The average Bonchev–Trinajstić information content (AvgIpc) is 3.32. The summed E-state index contributed by atoms with van der Waals surface area (Å²) in [5, 5.41) is 0. The molecule has 0 heterocycles. The van der Waals surface area contributed by atoms with Gasteiger partial charge in [0, 0.05) is 19.4 Å². The Morgan fingerprint density at radius 1 is 0.323 bits per heavy atom. The van der Waals surface area contributed by atoms with E-state index in [-0.39, 0.29) is 38.6 Å². The van der Waals surface area contributed by atoms with Crippen molar-refractivity contribution in [2.24, 2.45) is 5.73 Å². The minimum Gasteiger partial charge on any atom is -0.462 e. The third-order valence-corrected chi connectivity index (χ3v) is 16.9. The number of rotatable bonds is 70. The van der Waals surface area contributed by atoms with Crippen LogP contribution in [0.3, 0.4) is 0 Å². The van der Waals surface area contributed by atoms with E-state index in [0.717, 1.165) is 128 Å². The number of phosphoric acid groups is 1. The van der Waals surface area contributed by atoms with Gasteiger partial charge < -0.3 is 20.1 Å². The summed E-state index contributed by atoms with van der Waals surface area (Å²) in [6, 6.07) is 0. The Morgan fingerprint density at radius 2 is 0.559 bits per heavy atom. The highest BCUT2D eigenvalue weighted by Gasteiger charge is 2.26. The molecule has 9 nitrogen and oxygen atoms in total. The SMILES string of the molecule is CC/C=C\C/C=C\C/C=C\C/C=C\C/C=C\C/C=C\C/C=C\CCCCCCCCCCCCCC(=O)OC(COC(=O)CCCCCCCCCCCCCCCCCCCCCC/C=C\C/C=C\C/C=C\C/C=C\C/C=C\C/C=C\CC)COP(=O)(O)OCCN. The normalized spacial score (nSPS) is 13.8. The van der Waals surface area contributed by atoms with Crippen molar-refractivity contribution in [1.82, 2.24) is 0 Å². The van der Waals surface area contributed by atoms with Gasteiger partial charge in [0.2, 0.25) is 0 Å². The molecule has 2 unspecified atom stereocenters. The van der Waals surface area contributed by atoms with Gasteiger partial charge in [-0.3, -0.25) is 18.6 Å². The largest absolute Gasteiger partial charge is 0.472 e. The second kappa shape index (κ2) is 76.6. The van der Waals surface area contributed by atoms with Crippen LogP contribution in [0.5, 0.6) is 0 Å². The number of carbonyl (C=O) groups excluding carboxylic acids is 2. The summed E-state index contributed by atoms with van der Waals surface area (Å²) in [5.41, 5.74) is 5.41. The first-order valence-corrected chi connectivity index (χ1v) is 39.5. The first-order chi connectivity index (χ1) is 45.8. The summed E-state index contributed by atoms with van der Waals surface area (Å²) < 4.78 is 33.2. The molecular weight excluding hydrogens is 1170 g/mol. The van der Waals surface area contributed by atoms with Crippen molar-refractivity contribution in [2.75, 3.05) is 26.4 Å². The fourth-order valence-corrected chi connectivity index (χ4v) is 11.2. The number of ether oxygens (including phenoxy) is 2. The maximum Gasteiger partial charge on any atom is 0.472 e. The van der Waals surface area contributed by atoms with Crippen LogP contribution in [0.25, 0.3) is 0 Å². The number of phosphoric ester groups is 1. The molecule has 3 N–H and O–H groups in total. The molecule has 0 radical (unpaired) electrons. The number of unbranched alkanes of at least 4 members (excludes halogenated alkanes) is 31. The summed E-state index contributed by atoms with van der Waals surface area (Å²) >= 11 is 0. The fraction of sp³-hybridized carbons (Fsp3) is 0.663. The molecule has 0 aliphatic heterocycles. The molecule has 0 amide bonds. The third-order valence-electron chi connectivity index (χ3n) is 15.9. The van der Waals surface area contributed by atoms with Gasteiger partial charge in [0.15, 0.2) is 6.10 Å². The lowest BCUT2D eigenvalue weighted by Crippen LogP contribution is -2.29. The highest BCUT2D eigenvalue weighted by atomic mass is 31.2. The number of esters is 2. The zero-order valence-corrected chi connectivity index (χ0v) is 60.6. The van der Waals surface area contributed by atoms with E-state index in [1.54, 1.807) is 0 Å².